The number of nitrogens with zero attached hydrogens (tertiary/aromatic N) is 1. The molecule has 1 aliphatic heterocycles. The van der Waals surface area contributed by atoms with Crippen LogP contribution in [0.5, 0.6) is 5.75 Å². The molecule has 1 aromatic carbocycles. The Labute approximate surface area is 99.6 Å². The number of rotatable bonds is 2. The molecule has 3 unspecified atom stereocenters. The van der Waals surface area contributed by atoms with Crippen molar-refractivity contribution in [1.82, 2.24) is 0 Å². The normalized spacial score (nSPS) is 26.2. The SMILES string of the molecule is CC(O)c1ccc(N2CC(O)C(O)C2)cc1O. The highest BCUT2D eigenvalue weighted by molar-refractivity contribution is 5.54. The van der Waals surface area contributed by atoms with Gasteiger partial charge in [0.25, 0.3) is 0 Å². The van der Waals surface area contributed by atoms with Crippen LogP contribution >= 0.6 is 0 Å². The van der Waals surface area contributed by atoms with Crippen molar-refractivity contribution in [2.75, 3.05) is 18.0 Å². The Balaban J connectivity index is 2.21. The molecule has 1 saturated heterocycles. The molecule has 1 aromatic rings. The second-order valence-electron chi connectivity index (χ2n) is 4.46. The maximum Gasteiger partial charge on any atom is 0.123 e. The first-order valence-electron chi connectivity index (χ1n) is 5.61. The molecule has 0 aromatic heterocycles. The van der Waals surface area contributed by atoms with Crippen LogP contribution in [0.1, 0.15) is 18.6 Å². The zero-order valence-corrected chi connectivity index (χ0v) is 9.61. The molecule has 0 bridgehead atoms. The van der Waals surface area contributed by atoms with Crippen LogP contribution in [0.15, 0.2) is 18.2 Å². The third kappa shape index (κ3) is 2.36. The Morgan fingerprint density at radius 2 is 1.82 bits per heavy atom. The summed E-state index contributed by atoms with van der Waals surface area (Å²) in [5.74, 6) is 0.0216. The Morgan fingerprint density at radius 1 is 1.24 bits per heavy atom. The van der Waals surface area contributed by atoms with Gasteiger partial charge in [0.1, 0.15) is 5.75 Å². The predicted molar refractivity (Wildman–Crippen MR) is 63.0 cm³/mol. The number of phenolic OH excluding ortho intramolecular Hbond substituents is 1. The van der Waals surface area contributed by atoms with E-state index in [4.69, 9.17) is 0 Å². The molecule has 1 aliphatic rings. The van der Waals surface area contributed by atoms with Crippen LogP contribution in [0.3, 0.4) is 0 Å². The highest BCUT2D eigenvalue weighted by Crippen LogP contribution is 2.30. The number of hydrogen-bond acceptors (Lipinski definition) is 5. The van der Waals surface area contributed by atoms with Crippen molar-refractivity contribution in [2.45, 2.75) is 25.2 Å². The minimum atomic E-state index is -0.756. The molecule has 94 valence electrons. The van der Waals surface area contributed by atoms with Crippen molar-refractivity contribution < 1.29 is 20.4 Å². The summed E-state index contributed by atoms with van der Waals surface area (Å²) in [6.45, 7) is 2.27. The monoisotopic (exact) mass is 239 g/mol. The minimum absolute atomic E-state index is 0.0216. The molecular formula is C12H17NO4. The van der Waals surface area contributed by atoms with E-state index in [1.54, 1.807) is 24.0 Å². The van der Waals surface area contributed by atoms with Gasteiger partial charge in [0.05, 0.1) is 18.3 Å². The standard InChI is InChI=1S/C12H17NO4/c1-7(14)9-3-2-8(4-10(9)15)13-5-11(16)12(17)6-13/h2-4,7,11-12,14-17H,5-6H2,1H3. The zero-order chi connectivity index (χ0) is 12.6. The fourth-order valence-electron chi connectivity index (χ4n) is 2.06. The van der Waals surface area contributed by atoms with Crippen LogP contribution in [-0.2, 0) is 0 Å². The average molecular weight is 239 g/mol. The number of benzene rings is 1. The van der Waals surface area contributed by atoms with Crippen molar-refractivity contribution >= 4 is 5.69 Å². The number of aromatic hydroxyl groups is 1. The summed E-state index contributed by atoms with van der Waals surface area (Å²) in [6.07, 6.45) is -2.24. The van der Waals surface area contributed by atoms with Crippen LogP contribution in [0.4, 0.5) is 5.69 Å². The first-order chi connectivity index (χ1) is 7.99. The van der Waals surface area contributed by atoms with E-state index in [-0.39, 0.29) is 5.75 Å². The van der Waals surface area contributed by atoms with Gasteiger partial charge in [0.2, 0.25) is 0 Å². The van der Waals surface area contributed by atoms with Gasteiger partial charge in [-0.2, -0.15) is 0 Å². The molecule has 1 heterocycles. The van der Waals surface area contributed by atoms with Crippen molar-refractivity contribution in [2.24, 2.45) is 0 Å². The highest BCUT2D eigenvalue weighted by atomic mass is 16.3. The summed E-state index contributed by atoms with van der Waals surface area (Å²) in [5, 5.41) is 38.0. The van der Waals surface area contributed by atoms with Crippen LogP contribution in [0.25, 0.3) is 0 Å². The van der Waals surface area contributed by atoms with Crippen LogP contribution in [0.2, 0.25) is 0 Å². The lowest BCUT2D eigenvalue weighted by Gasteiger charge is -2.19. The van der Waals surface area contributed by atoms with E-state index >= 15 is 0 Å². The maximum atomic E-state index is 9.74. The molecule has 1 fully saturated rings. The first-order valence-corrected chi connectivity index (χ1v) is 5.61. The van der Waals surface area contributed by atoms with E-state index < -0.39 is 18.3 Å². The number of phenols is 1. The number of β-amino-alcohol motifs (C(OH)–C–C–N with tert-alkyl or cyclic N) is 2. The summed E-state index contributed by atoms with van der Waals surface area (Å²) in [7, 11) is 0. The van der Waals surface area contributed by atoms with Gasteiger partial charge in [0.15, 0.2) is 0 Å². The lowest BCUT2D eigenvalue weighted by Crippen LogP contribution is -2.22. The van der Waals surface area contributed by atoms with Crippen molar-refractivity contribution in [3.8, 4) is 5.75 Å². The largest absolute Gasteiger partial charge is 0.507 e. The lowest BCUT2D eigenvalue weighted by molar-refractivity contribution is 0.0572. The highest BCUT2D eigenvalue weighted by Gasteiger charge is 2.29. The van der Waals surface area contributed by atoms with Gasteiger partial charge >= 0.3 is 0 Å². The molecule has 0 amide bonds. The van der Waals surface area contributed by atoms with Gasteiger partial charge in [-0.15, -0.1) is 0 Å². The molecule has 0 aliphatic carbocycles. The van der Waals surface area contributed by atoms with E-state index in [9.17, 15) is 20.4 Å². The Hall–Kier alpha value is -1.30. The third-order valence-electron chi connectivity index (χ3n) is 3.09. The third-order valence-corrected chi connectivity index (χ3v) is 3.09. The predicted octanol–water partition coefficient (Wildman–Crippen LogP) is -0.0127. The van der Waals surface area contributed by atoms with Crippen LogP contribution in [0, 0.1) is 0 Å². The summed E-state index contributed by atoms with van der Waals surface area (Å²) in [4.78, 5) is 1.79. The smallest absolute Gasteiger partial charge is 0.123 e. The molecule has 3 atom stereocenters. The summed E-state index contributed by atoms with van der Waals surface area (Å²) < 4.78 is 0. The Bertz CT molecular complexity index is 397. The maximum absolute atomic E-state index is 9.74. The van der Waals surface area contributed by atoms with Gasteiger partial charge in [-0.1, -0.05) is 6.07 Å². The fraction of sp³-hybridized carbons (Fsp3) is 0.500. The second-order valence-corrected chi connectivity index (χ2v) is 4.46. The molecule has 5 nitrogen and oxygen atoms in total. The molecular weight excluding hydrogens is 222 g/mol. The lowest BCUT2D eigenvalue weighted by atomic mass is 10.1. The molecule has 2 rings (SSSR count). The Kier molecular flexibility index (Phi) is 3.24. The van der Waals surface area contributed by atoms with Crippen LogP contribution in [-0.4, -0.2) is 45.7 Å². The summed E-state index contributed by atoms with van der Waals surface area (Å²) in [5.41, 5.74) is 1.19. The number of aliphatic hydroxyl groups excluding tert-OH is 3. The average Bonchev–Trinajstić information content (AvgIpc) is 2.58. The van der Waals surface area contributed by atoms with Crippen molar-refractivity contribution in [3.63, 3.8) is 0 Å². The quantitative estimate of drug-likeness (QED) is 0.583. The summed E-state index contributed by atoms with van der Waals surface area (Å²) in [6, 6.07) is 4.94. The first kappa shape index (κ1) is 12.2. The van der Waals surface area contributed by atoms with Gasteiger partial charge in [0, 0.05) is 30.4 Å². The number of hydrogen-bond donors (Lipinski definition) is 4. The van der Waals surface area contributed by atoms with E-state index in [0.717, 1.165) is 5.69 Å². The van der Waals surface area contributed by atoms with Gasteiger partial charge < -0.3 is 25.3 Å². The van der Waals surface area contributed by atoms with Gasteiger partial charge in [-0.25, -0.2) is 0 Å². The van der Waals surface area contributed by atoms with Crippen molar-refractivity contribution in [1.29, 1.82) is 0 Å². The zero-order valence-electron chi connectivity index (χ0n) is 9.61. The molecule has 0 radical (unpaired) electrons. The fourth-order valence-corrected chi connectivity index (χ4v) is 2.06. The van der Waals surface area contributed by atoms with Gasteiger partial charge in [-0.3, -0.25) is 0 Å². The van der Waals surface area contributed by atoms with E-state index in [2.05, 4.69) is 0 Å². The van der Waals surface area contributed by atoms with Crippen LogP contribution < -0.4 is 4.90 Å². The van der Waals surface area contributed by atoms with E-state index in [1.165, 1.54) is 6.07 Å². The number of aliphatic hydroxyl groups is 3. The van der Waals surface area contributed by atoms with E-state index in [0.29, 0.717) is 18.7 Å². The molecule has 5 heteroatoms. The summed E-state index contributed by atoms with van der Waals surface area (Å²) >= 11 is 0. The molecule has 4 N–H and O–H groups in total. The second kappa shape index (κ2) is 4.52. The van der Waals surface area contributed by atoms with Crippen molar-refractivity contribution in [3.05, 3.63) is 23.8 Å². The molecule has 0 saturated carbocycles. The minimum Gasteiger partial charge on any atom is -0.507 e. The Morgan fingerprint density at radius 3 is 2.29 bits per heavy atom. The van der Waals surface area contributed by atoms with Gasteiger partial charge in [-0.05, 0) is 13.0 Å². The number of anilines is 1. The van der Waals surface area contributed by atoms with E-state index in [1.807, 2.05) is 0 Å². The topological polar surface area (TPSA) is 84.2 Å². The molecule has 0 spiro atoms. The molecule has 17 heavy (non-hydrogen) atoms.